The van der Waals surface area contributed by atoms with E-state index in [1.165, 1.54) is 22.3 Å². The van der Waals surface area contributed by atoms with E-state index in [9.17, 15) is 0 Å². The molecular weight excluding hydrogens is 268 g/mol. The Labute approximate surface area is 135 Å². The maximum atomic E-state index is 4.39. The van der Waals surface area contributed by atoms with Crippen molar-refractivity contribution in [1.29, 1.82) is 0 Å². The highest BCUT2D eigenvalue weighted by atomic mass is 15.1. The maximum Gasteiger partial charge on any atom is 0.0855 e. The number of hydrogen-bond donors (Lipinski definition) is 0. The van der Waals surface area contributed by atoms with Crippen molar-refractivity contribution in [3.8, 4) is 0 Å². The van der Waals surface area contributed by atoms with Gasteiger partial charge in [0, 0.05) is 0 Å². The van der Waals surface area contributed by atoms with Crippen molar-refractivity contribution in [1.82, 2.24) is 0 Å². The monoisotopic (exact) mass is 296 g/mol. The summed E-state index contributed by atoms with van der Waals surface area (Å²) in [6.07, 6.45) is 5.71. The molecule has 2 heteroatoms. The third-order valence-electron chi connectivity index (χ3n) is 3.71. The lowest BCUT2D eigenvalue weighted by atomic mass is 9.87. The largest absolute Gasteiger partial charge is 0.189 e. The van der Waals surface area contributed by atoms with E-state index in [-0.39, 0.29) is 11.0 Å². The van der Waals surface area contributed by atoms with E-state index in [4.69, 9.17) is 0 Å². The molecule has 0 saturated heterocycles. The summed E-state index contributed by atoms with van der Waals surface area (Å²) in [5.74, 6) is 0. The average Bonchev–Trinajstić information content (AvgIpc) is 2.87. The lowest BCUT2D eigenvalue weighted by molar-refractivity contribution is 0.518. The summed E-state index contributed by atoms with van der Waals surface area (Å²) in [6.45, 7) is 13.7. The second-order valence-corrected chi connectivity index (χ2v) is 8.01. The second kappa shape index (κ2) is 6.20. The molecule has 0 atom stereocenters. The molecule has 0 bridgehead atoms. The minimum Gasteiger partial charge on any atom is -0.189 e. The van der Waals surface area contributed by atoms with E-state index in [2.05, 4.69) is 88.2 Å². The molecule has 2 nitrogen and oxygen atoms in total. The molecule has 0 N–H and O–H groups in total. The van der Waals surface area contributed by atoms with Crippen LogP contribution in [0.2, 0.25) is 0 Å². The molecule has 0 radical (unpaired) electrons. The van der Waals surface area contributed by atoms with Gasteiger partial charge in [-0.15, -0.1) is 0 Å². The highest BCUT2D eigenvalue weighted by molar-refractivity contribution is 5.75. The van der Waals surface area contributed by atoms with Crippen LogP contribution in [0, 0.1) is 5.41 Å². The molecule has 0 aliphatic heterocycles. The topological polar surface area (TPSA) is 24.7 Å². The number of nitrogens with zero attached hydrogens (tertiary/aromatic N) is 2. The summed E-state index contributed by atoms with van der Waals surface area (Å²) in [5.41, 5.74) is 5.49. The SMILES string of the molecule is CC(C)(C)N=NCc1ccccc1C1=CC(C(C)(C)C)=CC1. The van der Waals surface area contributed by atoms with Crippen molar-refractivity contribution in [2.45, 2.75) is 60.0 Å². The predicted molar refractivity (Wildman–Crippen MR) is 94.9 cm³/mol. The van der Waals surface area contributed by atoms with Gasteiger partial charge in [-0.2, -0.15) is 10.2 Å². The maximum absolute atomic E-state index is 4.39. The molecule has 1 aromatic rings. The van der Waals surface area contributed by atoms with Crippen molar-refractivity contribution < 1.29 is 0 Å². The Morgan fingerprint density at radius 1 is 1.00 bits per heavy atom. The van der Waals surface area contributed by atoms with Crippen LogP contribution >= 0.6 is 0 Å². The third kappa shape index (κ3) is 4.40. The van der Waals surface area contributed by atoms with Crippen LogP contribution in [0.4, 0.5) is 0 Å². The van der Waals surface area contributed by atoms with Crippen LogP contribution < -0.4 is 0 Å². The van der Waals surface area contributed by atoms with Gasteiger partial charge in [-0.3, -0.25) is 0 Å². The minimum atomic E-state index is -0.109. The number of hydrogen-bond acceptors (Lipinski definition) is 2. The van der Waals surface area contributed by atoms with E-state index in [1.54, 1.807) is 0 Å². The first kappa shape index (κ1) is 16.7. The average molecular weight is 296 g/mol. The first-order chi connectivity index (χ1) is 10.2. The first-order valence-corrected chi connectivity index (χ1v) is 8.05. The Kier molecular flexibility index (Phi) is 4.69. The van der Waals surface area contributed by atoms with Gasteiger partial charge in [-0.1, -0.05) is 57.2 Å². The molecule has 118 valence electrons. The van der Waals surface area contributed by atoms with Crippen LogP contribution in [-0.4, -0.2) is 5.54 Å². The van der Waals surface area contributed by atoms with Crippen LogP contribution in [0.25, 0.3) is 5.57 Å². The van der Waals surface area contributed by atoms with Crippen molar-refractivity contribution in [2.75, 3.05) is 0 Å². The lowest BCUT2D eigenvalue weighted by Crippen LogP contribution is -2.08. The van der Waals surface area contributed by atoms with Gasteiger partial charge >= 0.3 is 0 Å². The van der Waals surface area contributed by atoms with E-state index in [1.807, 2.05) is 0 Å². The Morgan fingerprint density at radius 2 is 1.68 bits per heavy atom. The van der Waals surface area contributed by atoms with E-state index in [0.717, 1.165) is 6.42 Å². The quantitative estimate of drug-likeness (QED) is 0.593. The molecule has 22 heavy (non-hydrogen) atoms. The van der Waals surface area contributed by atoms with Gasteiger partial charge in [0.1, 0.15) is 0 Å². The number of benzene rings is 1. The molecular formula is C20H28N2. The molecule has 0 spiro atoms. The van der Waals surface area contributed by atoms with E-state index < -0.39 is 0 Å². The molecule has 0 aromatic heterocycles. The Hall–Kier alpha value is -1.70. The van der Waals surface area contributed by atoms with Crippen LogP contribution in [-0.2, 0) is 6.54 Å². The van der Waals surface area contributed by atoms with Crippen molar-refractivity contribution in [3.05, 3.63) is 53.1 Å². The molecule has 1 aliphatic rings. The predicted octanol–water partition coefficient (Wildman–Crippen LogP) is 6.20. The highest BCUT2D eigenvalue weighted by Gasteiger charge is 2.20. The fourth-order valence-electron chi connectivity index (χ4n) is 2.53. The Morgan fingerprint density at radius 3 is 2.27 bits per heavy atom. The Balaban J connectivity index is 2.22. The molecule has 0 unspecified atom stereocenters. The van der Waals surface area contributed by atoms with E-state index in [0.29, 0.717) is 6.54 Å². The highest BCUT2D eigenvalue weighted by Crippen LogP contribution is 2.37. The summed E-state index contributed by atoms with van der Waals surface area (Å²) >= 11 is 0. The summed E-state index contributed by atoms with van der Waals surface area (Å²) in [4.78, 5) is 0. The fourth-order valence-corrected chi connectivity index (χ4v) is 2.53. The summed E-state index contributed by atoms with van der Waals surface area (Å²) in [7, 11) is 0. The first-order valence-electron chi connectivity index (χ1n) is 8.05. The van der Waals surface area contributed by atoms with Crippen molar-refractivity contribution in [3.63, 3.8) is 0 Å². The van der Waals surface area contributed by atoms with Gasteiger partial charge in [-0.25, -0.2) is 0 Å². The van der Waals surface area contributed by atoms with Gasteiger partial charge in [0.2, 0.25) is 0 Å². The van der Waals surface area contributed by atoms with Crippen LogP contribution in [0.5, 0.6) is 0 Å². The summed E-state index contributed by atoms with van der Waals surface area (Å²) in [6, 6.07) is 8.55. The van der Waals surface area contributed by atoms with E-state index >= 15 is 0 Å². The fraction of sp³-hybridized carbons (Fsp3) is 0.500. The molecule has 0 heterocycles. The Bertz CT molecular complexity index is 620. The summed E-state index contributed by atoms with van der Waals surface area (Å²) < 4.78 is 0. The van der Waals surface area contributed by atoms with Gasteiger partial charge in [0.25, 0.3) is 0 Å². The number of rotatable bonds is 3. The zero-order chi connectivity index (χ0) is 16.4. The molecule has 2 rings (SSSR count). The van der Waals surface area contributed by atoms with Gasteiger partial charge in [-0.05, 0) is 54.9 Å². The minimum absolute atomic E-state index is 0.109. The number of allylic oxidation sites excluding steroid dienone is 4. The standard InChI is InChI=1S/C20H28N2/c1-19(2,3)17-12-11-15(13-17)18-10-8-7-9-16(18)14-21-22-20(4,5)6/h7-10,12-13H,11,14H2,1-6H3. The molecule has 1 aliphatic carbocycles. The summed E-state index contributed by atoms with van der Waals surface area (Å²) in [5, 5.41) is 8.76. The van der Waals surface area contributed by atoms with Crippen LogP contribution in [0.1, 0.15) is 59.1 Å². The smallest absolute Gasteiger partial charge is 0.0855 e. The zero-order valence-electron chi connectivity index (χ0n) is 14.8. The lowest BCUT2D eigenvalue weighted by Gasteiger charge is -2.18. The molecule has 0 amide bonds. The molecule has 1 aromatic carbocycles. The van der Waals surface area contributed by atoms with Crippen molar-refractivity contribution in [2.24, 2.45) is 15.6 Å². The third-order valence-corrected chi connectivity index (χ3v) is 3.71. The second-order valence-electron chi connectivity index (χ2n) is 8.01. The van der Waals surface area contributed by atoms with Gasteiger partial charge in [0.05, 0.1) is 12.1 Å². The molecule has 0 fully saturated rings. The van der Waals surface area contributed by atoms with Crippen LogP contribution in [0.3, 0.4) is 0 Å². The van der Waals surface area contributed by atoms with Gasteiger partial charge in [0.15, 0.2) is 0 Å². The van der Waals surface area contributed by atoms with Gasteiger partial charge < -0.3 is 0 Å². The van der Waals surface area contributed by atoms with Crippen LogP contribution in [0.15, 0.2) is 52.2 Å². The normalized spacial score (nSPS) is 16.1. The zero-order valence-corrected chi connectivity index (χ0v) is 14.8. The van der Waals surface area contributed by atoms with Crippen molar-refractivity contribution >= 4 is 5.57 Å². The molecule has 0 saturated carbocycles. The number of azo groups is 1.